The van der Waals surface area contributed by atoms with Crippen LogP contribution < -0.4 is 0 Å². The van der Waals surface area contributed by atoms with E-state index in [2.05, 4.69) is 0 Å². The second-order valence-electron chi connectivity index (χ2n) is 5.40. The quantitative estimate of drug-likeness (QED) is 0.797. The van der Waals surface area contributed by atoms with E-state index in [4.69, 9.17) is 9.84 Å². The van der Waals surface area contributed by atoms with Gasteiger partial charge in [0.2, 0.25) is 0 Å². The van der Waals surface area contributed by atoms with Crippen molar-refractivity contribution in [3.05, 3.63) is 0 Å². The van der Waals surface area contributed by atoms with Crippen LogP contribution in [-0.4, -0.2) is 64.8 Å². The van der Waals surface area contributed by atoms with Gasteiger partial charge < -0.3 is 19.6 Å². The normalized spacial score (nSPS) is 30.3. The van der Waals surface area contributed by atoms with E-state index in [1.165, 1.54) is 4.90 Å². The van der Waals surface area contributed by atoms with Crippen molar-refractivity contribution in [3.63, 3.8) is 0 Å². The molecule has 2 atom stereocenters. The third-order valence-electron chi connectivity index (χ3n) is 3.85. The second kappa shape index (κ2) is 4.42. The van der Waals surface area contributed by atoms with Crippen LogP contribution >= 0.6 is 0 Å². The molecule has 0 aromatic rings. The predicted octanol–water partition coefficient (Wildman–Crippen LogP) is 0.519. The molecule has 0 spiro atoms. The Morgan fingerprint density at radius 3 is 2.28 bits per heavy atom. The van der Waals surface area contributed by atoms with Crippen LogP contribution in [0.2, 0.25) is 0 Å². The number of carboxylic acid groups (broad SMARTS) is 1. The molecular formula is C12H18N2O4. The maximum atomic E-state index is 12.4. The minimum Gasteiger partial charge on any atom is -0.480 e. The zero-order chi connectivity index (χ0) is 12.7. The van der Waals surface area contributed by atoms with Gasteiger partial charge in [-0.05, 0) is 25.7 Å². The summed E-state index contributed by atoms with van der Waals surface area (Å²) in [6.45, 7) is 1.03. The van der Waals surface area contributed by atoms with Crippen molar-refractivity contribution in [1.29, 1.82) is 0 Å². The van der Waals surface area contributed by atoms with Gasteiger partial charge in [0, 0.05) is 19.1 Å². The molecule has 2 heterocycles. The van der Waals surface area contributed by atoms with E-state index in [0.717, 1.165) is 25.7 Å². The number of fused-ring (bicyclic) bond motifs is 2. The molecule has 0 radical (unpaired) electrons. The number of carboxylic acids is 1. The van der Waals surface area contributed by atoms with Crippen molar-refractivity contribution in [2.45, 2.75) is 43.9 Å². The summed E-state index contributed by atoms with van der Waals surface area (Å²) in [7, 11) is 0. The Morgan fingerprint density at radius 1 is 1.17 bits per heavy atom. The Bertz CT molecular complexity index is 357. The molecule has 2 unspecified atom stereocenters. The molecule has 0 aromatic carbocycles. The first kappa shape index (κ1) is 11.8. The van der Waals surface area contributed by atoms with E-state index in [0.29, 0.717) is 13.1 Å². The number of ether oxygens (including phenoxy) is 1. The van der Waals surface area contributed by atoms with Crippen LogP contribution in [0, 0.1) is 0 Å². The van der Waals surface area contributed by atoms with E-state index in [1.807, 2.05) is 0 Å². The van der Waals surface area contributed by atoms with Crippen LogP contribution in [0.1, 0.15) is 25.7 Å². The molecule has 1 aliphatic carbocycles. The lowest BCUT2D eigenvalue weighted by atomic mass is 10.2. The van der Waals surface area contributed by atoms with Gasteiger partial charge in [-0.2, -0.15) is 0 Å². The predicted molar refractivity (Wildman–Crippen MR) is 62.2 cm³/mol. The maximum Gasteiger partial charge on any atom is 0.323 e. The Morgan fingerprint density at radius 2 is 1.78 bits per heavy atom. The number of hydrogen-bond donors (Lipinski definition) is 1. The summed E-state index contributed by atoms with van der Waals surface area (Å²) in [5.74, 6) is -0.938. The summed E-state index contributed by atoms with van der Waals surface area (Å²) >= 11 is 0. The molecule has 3 aliphatic rings. The van der Waals surface area contributed by atoms with Gasteiger partial charge in [0.15, 0.2) is 0 Å². The molecule has 100 valence electrons. The Kier molecular flexibility index (Phi) is 2.89. The van der Waals surface area contributed by atoms with E-state index in [9.17, 15) is 9.59 Å². The summed E-state index contributed by atoms with van der Waals surface area (Å²) in [4.78, 5) is 26.5. The summed E-state index contributed by atoms with van der Waals surface area (Å²) in [6.07, 6.45) is 4.18. The highest BCUT2D eigenvalue weighted by molar-refractivity contribution is 5.81. The number of carbonyl (C=O) groups is 2. The standard InChI is InChI=1S/C12H18N2O4/c15-11(16)7-14(8-1-2-8)12(17)13-5-9-3-4-10(6-13)18-9/h8-10H,1-7H2,(H,15,16). The topological polar surface area (TPSA) is 70.1 Å². The number of morpholine rings is 1. The second-order valence-corrected chi connectivity index (χ2v) is 5.40. The average Bonchev–Trinajstić information content (AvgIpc) is 3.11. The van der Waals surface area contributed by atoms with Crippen LogP contribution in [0.4, 0.5) is 4.79 Å². The van der Waals surface area contributed by atoms with Gasteiger partial charge in [-0.15, -0.1) is 0 Å². The van der Waals surface area contributed by atoms with Crippen molar-refractivity contribution >= 4 is 12.0 Å². The van der Waals surface area contributed by atoms with Crippen LogP contribution in [0.3, 0.4) is 0 Å². The van der Waals surface area contributed by atoms with Crippen LogP contribution in [-0.2, 0) is 9.53 Å². The number of likely N-dealkylation sites (tertiary alicyclic amines) is 1. The molecule has 1 N–H and O–H groups in total. The molecule has 2 bridgehead atoms. The third kappa shape index (κ3) is 2.29. The highest BCUT2D eigenvalue weighted by Gasteiger charge is 2.41. The Hall–Kier alpha value is -1.30. The van der Waals surface area contributed by atoms with Gasteiger partial charge in [-0.25, -0.2) is 4.79 Å². The minimum absolute atomic E-state index is 0.125. The number of rotatable bonds is 3. The van der Waals surface area contributed by atoms with Gasteiger partial charge in [0.05, 0.1) is 12.2 Å². The fourth-order valence-electron chi connectivity index (χ4n) is 2.84. The smallest absolute Gasteiger partial charge is 0.323 e. The number of carbonyl (C=O) groups excluding carboxylic acids is 1. The average molecular weight is 254 g/mol. The Balaban J connectivity index is 1.66. The first-order valence-electron chi connectivity index (χ1n) is 6.56. The number of aliphatic carboxylic acids is 1. The minimum atomic E-state index is -0.938. The molecule has 0 aromatic heterocycles. The third-order valence-corrected chi connectivity index (χ3v) is 3.85. The fraction of sp³-hybridized carbons (Fsp3) is 0.833. The number of hydrogen-bond acceptors (Lipinski definition) is 3. The fourth-order valence-corrected chi connectivity index (χ4v) is 2.84. The molecule has 3 fully saturated rings. The van der Waals surface area contributed by atoms with Crippen molar-refractivity contribution in [3.8, 4) is 0 Å². The van der Waals surface area contributed by atoms with E-state index in [-0.39, 0.29) is 30.8 Å². The van der Waals surface area contributed by atoms with Gasteiger partial charge >= 0.3 is 12.0 Å². The van der Waals surface area contributed by atoms with Gasteiger partial charge in [0.25, 0.3) is 0 Å². The highest BCUT2D eigenvalue weighted by atomic mass is 16.5. The van der Waals surface area contributed by atoms with Crippen molar-refractivity contribution in [2.24, 2.45) is 0 Å². The van der Waals surface area contributed by atoms with Gasteiger partial charge in [-0.3, -0.25) is 4.79 Å². The lowest BCUT2D eigenvalue weighted by Crippen LogP contribution is -2.52. The summed E-state index contributed by atoms with van der Waals surface area (Å²) in [5.41, 5.74) is 0. The SMILES string of the molecule is O=C(O)CN(C(=O)N1CC2CCC(C1)O2)C1CC1. The number of nitrogens with zero attached hydrogens (tertiary/aromatic N) is 2. The molecule has 6 nitrogen and oxygen atoms in total. The lowest BCUT2D eigenvalue weighted by Gasteiger charge is -2.35. The van der Waals surface area contributed by atoms with Crippen LogP contribution in [0.15, 0.2) is 0 Å². The summed E-state index contributed by atoms with van der Waals surface area (Å²) in [5, 5.41) is 8.89. The van der Waals surface area contributed by atoms with E-state index >= 15 is 0 Å². The number of urea groups is 1. The molecule has 3 rings (SSSR count). The monoisotopic (exact) mass is 254 g/mol. The highest BCUT2D eigenvalue weighted by Crippen LogP contribution is 2.30. The molecule has 2 amide bonds. The zero-order valence-electron chi connectivity index (χ0n) is 10.2. The largest absolute Gasteiger partial charge is 0.480 e. The summed E-state index contributed by atoms with van der Waals surface area (Å²) < 4.78 is 5.69. The maximum absolute atomic E-state index is 12.4. The lowest BCUT2D eigenvalue weighted by molar-refractivity contribution is -0.138. The molecule has 18 heavy (non-hydrogen) atoms. The summed E-state index contributed by atoms with van der Waals surface area (Å²) in [6, 6.07) is 0.00852. The van der Waals surface area contributed by atoms with E-state index < -0.39 is 5.97 Å². The van der Waals surface area contributed by atoms with Gasteiger partial charge in [0.1, 0.15) is 6.54 Å². The molecule has 2 aliphatic heterocycles. The number of amides is 2. The van der Waals surface area contributed by atoms with Crippen molar-refractivity contribution in [2.75, 3.05) is 19.6 Å². The molecule has 2 saturated heterocycles. The molecule has 6 heteroatoms. The Labute approximate surface area is 105 Å². The van der Waals surface area contributed by atoms with Crippen LogP contribution in [0.25, 0.3) is 0 Å². The zero-order valence-corrected chi connectivity index (χ0v) is 10.2. The molecular weight excluding hydrogens is 236 g/mol. The van der Waals surface area contributed by atoms with E-state index in [1.54, 1.807) is 4.90 Å². The van der Waals surface area contributed by atoms with Crippen molar-refractivity contribution < 1.29 is 19.4 Å². The molecule has 1 saturated carbocycles. The van der Waals surface area contributed by atoms with Crippen molar-refractivity contribution in [1.82, 2.24) is 9.80 Å². The first-order chi connectivity index (χ1) is 8.63. The van der Waals surface area contributed by atoms with Crippen LogP contribution in [0.5, 0.6) is 0 Å². The van der Waals surface area contributed by atoms with Gasteiger partial charge in [-0.1, -0.05) is 0 Å². The first-order valence-corrected chi connectivity index (χ1v) is 6.56.